The standard InChI is InChI=1S/C17H18FNOS/c1-13(2)19(15-6-4-3-5-7-15)17(20)12-21-16-10-8-14(18)9-11-16/h3-11,13H,12H2,1-2H3. The molecular weight excluding hydrogens is 285 g/mol. The van der Waals surface area contributed by atoms with Crippen molar-refractivity contribution < 1.29 is 9.18 Å². The molecule has 4 heteroatoms. The second kappa shape index (κ2) is 7.27. The maximum Gasteiger partial charge on any atom is 0.237 e. The quantitative estimate of drug-likeness (QED) is 0.765. The third kappa shape index (κ3) is 4.33. The van der Waals surface area contributed by atoms with Gasteiger partial charge in [0.2, 0.25) is 5.91 Å². The van der Waals surface area contributed by atoms with Gasteiger partial charge in [-0.05, 0) is 50.2 Å². The normalized spacial score (nSPS) is 10.7. The van der Waals surface area contributed by atoms with Crippen LogP contribution in [0.2, 0.25) is 0 Å². The molecule has 2 aromatic carbocycles. The Bertz CT molecular complexity index is 583. The number of carbonyl (C=O) groups is 1. The highest BCUT2D eigenvalue weighted by atomic mass is 32.2. The van der Waals surface area contributed by atoms with E-state index >= 15 is 0 Å². The minimum Gasteiger partial charge on any atom is -0.309 e. The SMILES string of the molecule is CC(C)N(C(=O)CSc1ccc(F)cc1)c1ccccc1. The molecule has 0 aliphatic rings. The molecule has 2 nitrogen and oxygen atoms in total. The number of nitrogens with zero attached hydrogens (tertiary/aromatic N) is 1. The van der Waals surface area contributed by atoms with Crippen LogP contribution >= 0.6 is 11.8 Å². The Morgan fingerprint density at radius 1 is 1.10 bits per heavy atom. The molecular formula is C17H18FNOS. The van der Waals surface area contributed by atoms with E-state index in [4.69, 9.17) is 0 Å². The van der Waals surface area contributed by atoms with E-state index in [1.54, 1.807) is 17.0 Å². The van der Waals surface area contributed by atoms with Crippen LogP contribution in [-0.4, -0.2) is 17.7 Å². The molecule has 0 spiro atoms. The topological polar surface area (TPSA) is 20.3 Å². The van der Waals surface area contributed by atoms with Gasteiger partial charge in [0.25, 0.3) is 0 Å². The van der Waals surface area contributed by atoms with Crippen molar-refractivity contribution in [3.8, 4) is 0 Å². The molecule has 1 amide bonds. The molecule has 21 heavy (non-hydrogen) atoms. The predicted octanol–water partition coefficient (Wildman–Crippen LogP) is 4.36. The second-order valence-electron chi connectivity index (χ2n) is 4.94. The Labute approximate surface area is 129 Å². The average Bonchev–Trinajstić information content (AvgIpc) is 2.47. The third-order valence-electron chi connectivity index (χ3n) is 3.00. The number of amides is 1. The molecule has 0 saturated carbocycles. The summed E-state index contributed by atoms with van der Waals surface area (Å²) < 4.78 is 12.9. The molecule has 0 aliphatic carbocycles. The first-order valence-corrected chi connectivity index (χ1v) is 7.82. The van der Waals surface area contributed by atoms with Gasteiger partial charge < -0.3 is 4.90 Å². The Morgan fingerprint density at radius 2 is 1.71 bits per heavy atom. The summed E-state index contributed by atoms with van der Waals surface area (Å²) in [6.07, 6.45) is 0. The summed E-state index contributed by atoms with van der Waals surface area (Å²) in [5.74, 6) is 0.114. The Balaban J connectivity index is 2.04. The zero-order valence-corrected chi connectivity index (χ0v) is 12.9. The van der Waals surface area contributed by atoms with Crippen LogP contribution in [0.25, 0.3) is 0 Å². The summed E-state index contributed by atoms with van der Waals surface area (Å²) in [5, 5.41) is 0. The van der Waals surface area contributed by atoms with Gasteiger partial charge in [-0.25, -0.2) is 4.39 Å². The van der Waals surface area contributed by atoms with Crippen LogP contribution in [-0.2, 0) is 4.79 Å². The van der Waals surface area contributed by atoms with Crippen LogP contribution in [0, 0.1) is 5.82 Å². The minimum absolute atomic E-state index is 0.0468. The van der Waals surface area contributed by atoms with Gasteiger partial charge in [-0.3, -0.25) is 4.79 Å². The van der Waals surface area contributed by atoms with Gasteiger partial charge in [-0.1, -0.05) is 18.2 Å². The van der Waals surface area contributed by atoms with E-state index in [9.17, 15) is 9.18 Å². The van der Waals surface area contributed by atoms with Crippen LogP contribution in [0.15, 0.2) is 59.5 Å². The van der Waals surface area contributed by atoms with E-state index in [1.807, 2.05) is 44.2 Å². The summed E-state index contributed by atoms with van der Waals surface area (Å²) in [6.45, 7) is 3.99. The molecule has 0 bridgehead atoms. The number of carbonyl (C=O) groups excluding carboxylic acids is 1. The summed E-state index contributed by atoms with van der Waals surface area (Å²) >= 11 is 1.42. The molecule has 0 aromatic heterocycles. The van der Waals surface area contributed by atoms with Crippen molar-refractivity contribution in [1.82, 2.24) is 0 Å². The number of hydrogen-bond donors (Lipinski definition) is 0. The van der Waals surface area contributed by atoms with Crippen LogP contribution < -0.4 is 4.90 Å². The van der Waals surface area contributed by atoms with Gasteiger partial charge in [0, 0.05) is 16.6 Å². The van der Waals surface area contributed by atoms with Gasteiger partial charge in [0.1, 0.15) is 5.82 Å². The van der Waals surface area contributed by atoms with E-state index in [2.05, 4.69) is 0 Å². The molecule has 0 radical (unpaired) electrons. The van der Waals surface area contributed by atoms with Crippen molar-refractivity contribution in [2.45, 2.75) is 24.8 Å². The highest BCUT2D eigenvalue weighted by Gasteiger charge is 2.18. The smallest absolute Gasteiger partial charge is 0.237 e. The summed E-state index contributed by atoms with van der Waals surface area (Å²) in [6, 6.07) is 15.9. The number of hydrogen-bond acceptors (Lipinski definition) is 2. The maximum atomic E-state index is 12.9. The van der Waals surface area contributed by atoms with Crippen LogP contribution in [0.3, 0.4) is 0 Å². The third-order valence-corrected chi connectivity index (χ3v) is 3.99. The zero-order chi connectivity index (χ0) is 15.2. The fourth-order valence-corrected chi connectivity index (χ4v) is 2.82. The molecule has 2 rings (SSSR count). The molecule has 0 N–H and O–H groups in total. The van der Waals surface area contributed by atoms with Crippen LogP contribution in [0.4, 0.5) is 10.1 Å². The van der Waals surface area contributed by atoms with Crippen molar-refractivity contribution in [3.63, 3.8) is 0 Å². The van der Waals surface area contributed by atoms with Crippen molar-refractivity contribution in [3.05, 3.63) is 60.4 Å². The second-order valence-corrected chi connectivity index (χ2v) is 5.98. The Hall–Kier alpha value is -1.81. The number of thioether (sulfide) groups is 1. The molecule has 0 fully saturated rings. The van der Waals surface area contributed by atoms with Gasteiger partial charge in [0.05, 0.1) is 5.75 Å². The number of anilines is 1. The molecule has 2 aromatic rings. The first-order chi connectivity index (χ1) is 10.1. The monoisotopic (exact) mass is 303 g/mol. The summed E-state index contributed by atoms with van der Waals surface area (Å²) in [4.78, 5) is 15.1. The summed E-state index contributed by atoms with van der Waals surface area (Å²) in [7, 11) is 0. The number of halogens is 1. The molecule has 0 aliphatic heterocycles. The maximum absolute atomic E-state index is 12.9. The lowest BCUT2D eigenvalue weighted by Gasteiger charge is -2.26. The van der Waals surface area contributed by atoms with E-state index in [0.717, 1.165) is 10.6 Å². The van der Waals surface area contributed by atoms with Crippen LogP contribution in [0.1, 0.15) is 13.8 Å². The number of benzene rings is 2. The minimum atomic E-state index is -0.265. The molecule has 0 saturated heterocycles. The van der Waals surface area contributed by atoms with Crippen molar-refractivity contribution in [1.29, 1.82) is 0 Å². The van der Waals surface area contributed by atoms with E-state index in [-0.39, 0.29) is 17.8 Å². The van der Waals surface area contributed by atoms with Gasteiger partial charge in [0.15, 0.2) is 0 Å². The van der Waals surface area contributed by atoms with Crippen LogP contribution in [0.5, 0.6) is 0 Å². The highest BCUT2D eigenvalue weighted by Crippen LogP contribution is 2.22. The van der Waals surface area contributed by atoms with E-state index in [1.165, 1.54) is 23.9 Å². The van der Waals surface area contributed by atoms with Crippen molar-refractivity contribution >= 4 is 23.4 Å². The van der Waals surface area contributed by atoms with Gasteiger partial charge in [-0.2, -0.15) is 0 Å². The molecule has 0 heterocycles. The van der Waals surface area contributed by atoms with E-state index in [0.29, 0.717) is 5.75 Å². The predicted molar refractivity (Wildman–Crippen MR) is 86.2 cm³/mol. The fraction of sp³-hybridized carbons (Fsp3) is 0.235. The average molecular weight is 303 g/mol. The van der Waals surface area contributed by atoms with Gasteiger partial charge in [-0.15, -0.1) is 11.8 Å². The fourth-order valence-electron chi connectivity index (χ4n) is 2.06. The summed E-state index contributed by atoms with van der Waals surface area (Å²) in [5.41, 5.74) is 0.900. The zero-order valence-electron chi connectivity index (χ0n) is 12.1. The first kappa shape index (κ1) is 15.6. The number of para-hydroxylation sites is 1. The molecule has 110 valence electrons. The lowest BCUT2D eigenvalue weighted by atomic mass is 10.2. The van der Waals surface area contributed by atoms with Gasteiger partial charge >= 0.3 is 0 Å². The Morgan fingerprint density at radius 3 is 2.29 bits per heavy atom. The van der Waals surface area contributed by atoms with Crippen molar-refractivity contribution in [2.24, 2.45) is 0 Å². The molecule has 0 atom stereocenters. The van der Waals surface area contributed by atoms with E-state index < -0.39 is 0 Å². The lowest BCUT2D eigenvalue weighted by Crippen LogP contribution is -2.38. The highest BCUT2D eigenvalue weighted by molar-refractivity contribution is 8.00. The Kier molecular flexibility index (Phi) is 5.39. The number of rotatable bonds is 5. The van der Waals surface area contributed by atoms with Crippen molar-refractivity contribution in [2.75, 3.05) is 10.7 Å². The molecule has 0 unspecified atom stereocenters. The lowest BCUT2D eigenvalue weighted by molar-refractivity contribution is -0.116. The largest absolute Gasteiger partial charge is 0.309 e. The first-order valence-electron chi connectivity index (χ1n) is 6.83.